The van der Waals surface area contributed by atoms with Crippen LogP contribution in [0.25, 0.3) is 11.8 Å². The van der Waals surface area contributed by atoms with Crippen LogP contribution in [0.4, 0.5) is 5.69 Å². The Hall–Kier alpha value is -4.78. The van der Waals surface area contributed by atoms with E-state index in [2.05, 4.69) is 11.5 Å². The number of nitrogens with zero attached hydrogens (tertiary/aromatic N) is 3. The van der Waals surface area contributed by atoms with Crippen LogP contribution in [0.15, 0.2) is 97.2 Å². The molecule has 0 fully saturated rings. The molecule has 0 N–H and O–H groups in total. The van der Waals surface area contributed by atoms with Crippen molar-refractivity contribution < 1.29 is 19.1 Å². The van der Waals surface area contributed by atoms with Gasteiger partial charge in [-0.05, 0) is 60.5 Å². The molecule has 210 valence electrons. The van der Waals surface area contributed by atoms with Gasteiger partial charge in [0.1, 0.15) is 24.1 Å². The van der Waals surface area contributed by atoms with Crippen LogP contribution in [0.2, 0.25) is 0 Å². The Morgan fingerprint density at radius 3 is 2.39 bits per heavy atom. The first-order chi connectivity index (χ1) is 20.0. The molecule has 0 bridgehead atoms. The standard InChI is InChI=1S/C34H35N3O4/c1-4-5-21-35(32(38)20-17-25-12-7-6-8-13-25)24-33(39)37-29-15-10-9-14-28(29)36-22-11-16-30(36)34(37)27-23-26(40-2)18-19-31(27)41-3/h6-20,22-23,34H,4-5,21,24H2,1-3H3/b20-17+. The molecule has 1 aliphatic rings. The van der Waals surface area contributed by atoms with E-state index in [1.807, 2.05) is 91.1 Å². The average Bonchev–Trinajstić information content (AvgIpc) is 3.51. The van der Waals surface area contributed by atoms with Crippen molar-refractivity contribution in [3.8, 4) is 17.2 Å². The molecule has 2 heterocycles. The SMILES string of the molecule is CCCCN(CC(=O)N1c2ccccc2-n2cccc2C1c1cc(OC)ccc1OC)C(=O)/C=C/c1ccccc1. The summed E-state index contributed by atoms with van der Waals surface area (Å²) in [6.45, 7) is 2.50. The van der Waals surface area contributed by atoms with Crippen molar-refractivity contribution in [2.75, 3.05) is 32.2 Å². The highest BCUT2D eigenvalue weighted by Gasteiger charge is 2.38. The van der Waals surface area contributed by atoms with Crippen molar-refractivity contribution in [2.45, 2.75) is 25.8 Å². The van der Waals surface area contributed by atoms with E-state index in [0.717, 1.165) is 41.0 Å². The van der Waals surface area contributed by atoms with Gasteiger partial charge in [0.2, 0.25) is 11.8 Å². The van der Waals surface area contributed by atoms with E-state index in [0.29, 0.717) is 18.0 Å². The molecule has 2 amide bonds. The van der Waals surface area contributed by atoms with Crippen molar-refractivity contribution in [3.63, 3.8) is 0 Å². The molecular weight excluding hydrogens is 514 g/mol. The number of hydrogen-bond donors (Lipinski definition) is 0. The van der Waals surface area contributed by atoms with Crippen molar-refractivity contribution in [2.24, 2.45) is 0 Å². The van der Waals surface area contributed by atoms with Crippen LogP contribution in [0.5, 0.6) is 11.5 Å². The summed E-state index contributed by atoms with van der Waals surface area (Å²) in [5.74, 6) is 0.929. The summed E-state index contributed by atoms with van der Waals surface area (Å²) in [6, 6.07) is 26.6. The lowest BCUT2D eigenvalue weighted by atomic mass is 9.96. The second-order valence-corrected chi connectivity index (χ2v) is 9.92. The Labute approximate surface area is 241 Å². The molecule has 0 aliphatic carbocycles. The zero-order valence-corrected chi connectivity index (χ0v) is 23.7. The van der Waals surface area contributed by atoms with E-state index in [1.54, 1.807) is 36.2 Å². The van der Waals surface area contributed by atoms with E-state index >= 15 is 0 Å². The van der Waals surface area contributed by atoms with E-state index in [9.17, 15) is 9.59 Å². The minimum Gasteiger partial charge on any atom is -0.497 e. The Morgan fingerprint density at radius 1 is 0.902 bits per heavy atom. The molecule has 0 spiro atoms. The molecule has 0 saturated heterocycles. The molecule has 41 heavy (non-hydrogen) atoms. The largest absolute Gasteiger partial charge is 0.497 e. The third-order valence-electron chi connectivity index (χ3n) is 7.36. The smallest absolute Gasteiger partial charge is 0.247 e. The van der Waals surface area contributed by atoms with Crippen molar-refractivity contribution in [1.29, 1.82) is 0 Å². The zero-order valence-electron chi connectivity index (χ0n) is 23.7. The lowest BCUT2D eigenvalue weighted by Gasteiger charge is -2.40. The third-order valence-corrected chi connectivity index (χ3v) is 7.36. The van der Waals surface area contributed by atoms with E-state index in [1.165, 1.54) is 0 Å². The summed E-state index contributed by atoms with van der Waals surface area (Å²) in [5.41, 5.74) is 4.30. The summed E-state index contributed by atoms with van der Waals surface area (Å²) >= 11 is 0. The Balaban J connectivity index is 1.55. The first-order valence-corrected chi connectivity index (χ1v) is 13.9. The predicted molar refractivity (Wildman–Crippen MR) is 162 cm³/mol. The number of hydrogen-bond acceptors (Lipinski definition) is 4. The molecule has 1 atom stereocenters. The molecule has 7 heteroatoms. The first kappa shape index (κ1) is 27.8. The average molecular weight is 550 g/mol. The Kier molecular flexibility index (Phi) is 8.53. The van der Waals surface area contributed by atoms with Crippen LogP contribution >= 0.6 is 0 Å². The van der Waals surface area contributed by atoms with Crippen LogP contribution in [0, 0.1) is 0 Å². The van der Waals surface area contributed by atoms with Crippen LogP contribution in [0.3, 0.4) is 0 Å². The number of para-hydroxylation sites is 2. The molecule has 0 saturated carbocycles. The fraction of sp³-hybridized carbons (Fsp3) is 0.235. The second kappa shape index (κ2) is 12.6. The molecule has 1 unspecified atom stereocenters. The van der Waals surface area contributed by atoms with E-state index in [-0.39, 0.29) is 18.4 Å². The maximum atomic E-state index is 14.4. The Bertz CT molecular complexity index is 1540. The van der Waals surface area contributed by atoms with Gasteiger partial charge in [0.25, 0.3) is 0 Å². The number of carbonyl (C=O) groups excluding carboxylic acids is 2. The molecule has 3 aromatic carbocycles. The monoisotopic (exact) mass is 549 g/mol. The minimum atomic E-state index is -0.500. The molecule has 7 nitrogen and oxygen atoms in total. The quantitative estimate of drug-likeness (QED) is 0.219. The van der Waals surface area contributed by atoms with Gasteiger partial charge in [0, 0.05) is 24.4 Å². The van der Waals surface area contributed by atoms with Gasteiger partial charge >= 0.3 is 0 Å². The maximum Gasteiger partial charge on any atom is 0.247 e. The molecule has 0 radical (unpaired) electrons. The highest BCUT2D eigenvalue weighted by Crippen LogP contribution is 2.45. The van der Waals surface area contributed by atoms with Crippen LogP contribution < -0.4 is 14.4 Å². The zero-order chi connectivity index (χ0) is 28.8. The Morgan fingerprint density at radius 2 is 1.66 bits per heavy atom. The number of fused-ring (bicyclic) bond motifs is 3. The molecule has 4 aromatic rings. The van der Waals surface area contributed by atoms with Gasteiger partial charge < -0.3 is 18.9 Å². The number of aromatic nitrogens is 1. The maximum absolute atomic E-state index is 14.4. The van der Waals surface area contributed by atoms with Crippen LogP contribution in [-0.2, 0) is 9.59 Å². The lowest BCUT2D eigenvalue weighted by Crippen LogP contribution is -2.46. The number of benzene rings is 3. The molecular formula is C34H35N3O4. The van der Waals surface area contributed by atoms with E-state index < -0.39 is 6.04 Å². The number of ether oxygens (including phenoxy) is 2. The van der Waals surface area contributed by atoms with E-state index in [4.69, 9.17) is 9.47 Å². The second-order valence-electron chi connectivity index (χ2n) is 9.92. The molecule has 5 rings (SSSR count). The van der Waals surface area contributed by atoms with Crippen molar-refractivity contribution >= 4 is 23.6 Å². The van der Waals surface area contributed by atoms with Gasteiger partial charge in [-0.2, -0.15) is 0 Å². The summed E-state index contributed by atoms with van der Waals surface area (Å²) in [7, 11) is 3.24. The van der Waals surface area contributed by atoms with Gasteiger partial charge in [-0.3, -0.25) is 14.5 Å². The minimum absolute atomic E-state index is 0.0597. The summed E-state index contributed by atoms with van der Waals surface area (Å²) < 4.78 is 13.4. The highest BCUT2D eigenvalue weighted by molar-refractivity contribution is 6.02. The number of methoxy groups -OCH3 is 2. The fourth-order valence-electron chi connectivity index (χ4n) is 5.30. The van der Waals surface area contributed by atoms with Crippen LogP contribution in [-0.4, -0.2) is 48.6 Å². The summed E-state index contributed by atoms with van der Waals surface area (Å²) in [6.07, 6.45) is 7.05. The third kappa shape index (κ3) is 5.75. The highest BCUT2D eigenvalue weighted by atomic mass is 16.5. The predicted octanol–water partition coefficient (Wildman–Crippen LogP) is 6.27. The van der Waals surface area contributed by atoms with Gasteiger partial charge in [0.05, 0.1) is 31.3 Å². The number of carbonyl (C=O) groups is 2. The van der Waals surface area contributed by atoms with Crippen molar-refractivity contribution in [3.05, 3.63) is 114 Å². The van der Waals surface area contributed by atoms with Gasteiger partial charge in [-0.15, -0.1) is 0 Å². The topological polar surface area (TPSA) is 64.0 Å². The number of amides is 2. The van der Waals surface area contributed by atoms with Gasteiger partial charge in [0.15, 0.2) is 0 Å². The van der Waals surface area contributed by atoms with Crippen LogP contribution in [0.1, 0.15) is 42.6 Å². The van der Waals surface area contributed by atoms with Gasteiger partial charge in [-0.25, -0.2) is 0 Å². The fourth-order valence-corrected chi connectivity index (χ4v) is 5.30. The molecule has 1 aromatic heterocycles. The number of unbranched alkanes of at least 4 members (excludes halogenated alkanes) is 1. The lowest BCUT2D eigenvalue weighted by molar-refractivity contribution is -0.131. The molecule has 1 aliphatic heterocycles. The number of rotatable bonds is 10. The summed E-state index contributed by atoms with van der Waals surface area (Å²) in [4.78, 5) is 31.3. The normalized spacial score (nSPS) is 13.9. The summed E-state index contributed by atoms with van der Waals surface area (Å²) in [5, 5.41) is 0. The number of anilines is 1. The first-order valence-electron chi connectivity index (χ1n) is 13.9. The van der Waals surface area contributed by atoms with Gasteiger partial charge in [-0.1, -0.05) is 55.8 Å². The van der Waals surface area contributed by atoms with Crippen molar-refractivity contribution in [1.82, 2.24) is 9.47 Å².